The molecular weight excluding hydrogens is 430 g/mol. The van der Waals surface area contributed by atoms with Crippen molar-refractivity contribution in [3.63, 3.8) is 0 Å². The molecule has 0 fully saturated rings. The van der Waals surface area contributed by atoms with E-state index in [1.54, 1.807) is 0 Å². The van der Waals surface area contributed by atoms with E-state index in [-0.39, 0.29) is 0 Å². The average molecular weight is 470 g/mol. The van der Waals surface area contributed by atoms with Crippen molar-refractivity contribution < 1.29 is 26.6 Å². The van der Waals surface area contributed by atoms with Gasteiger partial charge in [-0.05, 0) is 70.1 Å². The summed E-state index contributed by atoms with van der Waals surface area (Å²) in [5, 5.41) is 0. The third-order valence-electron chi connectivity index (χ3n) is 4.13. The molecule has 0 saturated heterocycles. The molecule has 0 unspecified atom stereocenters. The fourth-order valence-electron chi connectivity index (χ4n) is 2.98. The van der Waals surface area contributed by atoms with Gasteiger partial charge in [0, 0.05) is 45.3 Å². The van der Waals surface area contributed by atoms with Crippen molar-refractivity contribution in [3.05, 3.63) is 40.7 Å². The van der Waals surface area contributed by atoms with Crippen LogP contribution in [0.4, 0.5) is 5.69 Å². The van der Waals surface area contributed by atoms with Crippen molar-refractivity contribution in [1.82, 2.24) is 0 Å². The second kappa shape index (κ2) is 14.7. The third kappa shape index (κ3) is 8.99. The van der Waals surface area contributed by atoms with Gasteiger partial charge in [-0.25, -0.2) is 0 Å². The Bertz CT molecular complexity index is 665. The monoisotopic (exact) mass is 469 g/mol. The zero-order valence-electron chi connectivity index (χ0n) is 19.8. The van der Waals surface area contributed by atoms with Crippen molar-refractivity contribution in [3.8, 4) is 0 Å². The Morgan fingerprint density at radius 1 is 0.645 bits per heavy atom. The van der Waals surface area contributed by atoms with Crippen LogP contribution in [0.25, 0.3) is 12.2 Å². The maximum Gasteiger partial charge on any atom is 0.529 e. The summed E-state index contributed by atoms with van der Waals surface area (Å²) < 4.78 is 35.2. The van der Waals surface area contributed by atoms with Gasteiger partial charge < -0.3 is 32.3 Å². The maximum absolute atomic E-state index is 6.31. The highest BCUT2D eigenvalue weighted by Gasteiger charge is 2.38. The highest BCUT2D eigenvalue weighted by molar-refractivity contribution is 6.67. The van der Waals surface area contributed by atoms with Gasteiger partial charge in [0.2, 0.25) is 0 Å². The maximum atomic E-state index is 6.31. The standard InChI is InChI=1S/C22H39NO6Si2/c1-7-24-30(25-8-2,26-9-3)17-15-20-13-14-21(22(23)19-20)16-18-31(27-10-4,28-11-5)29-12-6/h13-19H,7-12,23H2,1-6H3/b17-15+,18-16+. The first-order chi connectivity index (χ1) is 14.9. The Morgan fingerprint density at radius 2 is 1.03 bits per heavy atom. The molecule has 2 N–H and O–H groups in total. The van der Waals surface area contributed by atoms with Crippen LogP contribution >= 0.6 is 0 Å². The molecule has 0 heterocycles. The summed E-state index contributed by atoms with van der Waals surface area (Å²) >= 11 is 0. The molecular formula is C22H39NO6Si2. The Labute approximate surface area is 189 Å². The van der Waals surface area contributed by atoms with E-state index in [0.717, 1.165) is 11.1 Å². The molecule has 0 aromatic heterocycles. The van der Waals surface area contributed by atoms with Crippen LogP contribution in [0.3, 0.4) is 0 Å². The summed E-state index contributed by atoms with van der Waals surface area (Å²) in [5.74, 6) is 0. The largest absolute Gasteiger partial charge is 0.529 e. The third-order valence-corrected chi connectivity index (χ3v) is 9.43. The fourth-order valence-corrected chi connectivity index (χ4v) is 7.26. The number of benzene rings is 1. The summed E-state index contributed by atoms with van der Waals surface area (Å²) in [4.78, 5) is 0. The van der Waals surface area contributed by atoms with E-state index in [1.807, 2.05) is 83.3 Å². The Hall–Kier alpha value is -1.31. The number of nitrogens with two attached hydrogens (primary N) is 1. The SMILES string of the molecule is CCO[Si](/C=C/c1ccc(/C=C/[Si](OCC)(OCC)OCC)c(N)c1)(OCC)OCC. The molecule has 176 valence electrons. The van der Waals surface area contributed by atoms with E-state index in [2.05, 4.69) is 0 Å². The Morgan fingerprint density at radius 3 is 1.39 bits per heavy atom. The number of nitrogen functional groups attached to an aromatic ring is 1. The Kier molecular flexibility index (Phi) is 13.1. The van der Waals surface area contributed by atoms with Gasteiger partial charge in [-0.3, -0.25) is 0 Å². The molecule has 31 heavy (non-hydrogen) atoms. The molecule has 0 spiro atoms. The summed E-state index contributed by atoms with van der Waals surface area (Å²) in [7, 11) is -5.73. The first kappa shape index (κ1) is 27.7. The topological polar surface area (TPSA) is 81.4 Å². The van der Waals surface area contributed by atoms with Crippen LogP contribution in [-0.4, -0.2) is 57.3 Å². The van der Waals surface area contributed by atoms with E-state index < -0.39 is 17.6 Å². The number of hydrogen-bond donors (Lipinski definition) is 1. The molecule has 0 amide bonds. The first-order valence-corrected chi connectivity index (χ1v) is 14.7. The molecule has 0 aliphatic rings. The van der Waals surface area contributed by atoms with Gasteiger partial charge in [-0.1, -0.05) is 24.3 Å². The van der Waals surface area contributed by atoms with Crippen LogP contribution in [0.1, 0.15) is 52.7 Å². The van der Waals surface area contributed by atoms with Crippen LogP contribution in [0.5, 0.6) is 0 Å². The quantitative estimate of drug-likeness (QED) is 0.282. The van der Waals surface area contributed by atoms with Gasteiger partial charge in [0.15, 0.2) is 0 Å². The normalized spacial score (nSPS) is 13.0. The zero-order chi connectivity index (χ0) is 23.2. The highest BCUT2D eigenvalue weighted by atomic mass is 28.4. The van der Waals surface area contributed by atoms with Crippen molar-refractivity contribution in [2.75, 3.05) is 45.4 Å². The van der Waals surface area contributed by atoms with Gasteiger partial charge in [0.1, 0.15) is 0 Å². The zero-order valence-corrected chi connectivity index (χ0v) is 21.8. The second-order valence-corrected chi connectivity index (χ2v) is 11.2. The molecule has 0 atom stereocenters. The van der Waals surface area contributed by atoms with E-state index in [0.29, 0.717) is 45.3 Å². The van der Waals surface area contributed by atoms with Gasteiger partial charge in [0.05, 0.1) is 0 Å². The van der Waals surface area contributed by atoms with Gasteiger partial charge >= 0.3 is 17.6 Å². The van der Waals surface area contributed by atoms with Crippen LogP contribution < -0.4 is 5.73 Å². The van der Waals surface area contributed by atoms with Crippen molar-refractivity contribution in [1.29, 1.82) is 0 Å². The molecule has 9 heteroatoms. The van der Waals surface area contributed by atoms with Crippen LogP contribution in [-0.2, 0) is 26.6 Å². The van der Waals surface area contributed by atoms with Gasteiger partial charge in [0.25, 0.3) is 0 Å². The van der Waals surface area contributed by atoms with E-state index in [4.69, 9.17) is 32.3 Å². The molecule has 0 radical (unpaired) electrons. The van der Waals surface area contributed by atoms with E-state index >= 15 is 0 Å². The predicted molar refractivity (Wildman–Crippen MR) is 130 cm³/mol. The lowest BCUT2D eigenvalue weighted by molar-refractivity contribution is 0.0837. The second-order valence-electron chi connectivity index (χ2n) is 6.36. The first-order valence-electron chi connectivity index (χ1n) is 11.0. The van der Waals surface area contributed by atoms with Crippen molar-refractivity contribution in [2.45, 2.75) is 41.5 Å². The fraction of sp³-hybridized carbons (Fsp3) is 0.545. The molecule has 0 saturated carbocycles. The smallest absolute Gasteiger partial charge is 0.398 e. The lowest BCUT2D eigenvalue weighted by Crippen LogP contribution is -2.44. The van der Waals surface area contributed by atoms with Crippen molar-refractivity contribution in [2.24, 2.45) is 0 Å². The highest BCUT2D eigenvalue weighted by Crippen LogP contribution is 2.21. The molecule has 1 rings (SSSR count). The summed E-state index contributed by atoms with van der Waals surface area (Å²) in [6.45, 7) is 14.7. The summed E-state index contributed by atoms with van der Waals surface area (Å²) in [6.07, 6.45) is 3.85. The van der Waals surface area contributed by atoms with Crippen LogP contribution in [0.15, 0.2) is 29.6 Å². The minimum Gasteiger partial charge on any atom is -0.398 e. The van der Waals surface area contributed by atoms with E-state index in [1.165, 1.54) is 0 Å². The number of rotatable bonds is 16. The minimum absolute atomic E-state index is 0.515. The molecule has 0 bridgehead atoms. The lowest BCUT2D eigenvalue weighted by atomic mass is 10.1. The van der Waals surface area contributed by atoms with E-state index in [9.17, 15) is 0 Å². The lowest BCUT2D eigenvalue weighted by Gasteiger charge is -2.25. The summed E-state index contributed by atoms with van der Waals surface area (Å²) in [5.41, 5.74) is 12.6. The Balaban J connectivity index is 3.11. The number of hydrogen-bond acceptors (Lipinski definition) is 7. The van der Waals surface area contributed by atoms with Crippen LogP contribution in [0, 0.1) is 0 Å². The van der Waals surface area contributed by atoms with Crippen molar-refractivity contribution >= 4 is 35.4 Å². The van der Waals surface area contributed by atoms with Crippen LogP contribution in [0.2, 0.25) is 0 Å². The molecule has 0 aliphatic heterocycles. The van der Waals surface area contributed by atoms with Gasteiger partial charge in [-0.15, -0.1) is 0 Å². The molecule has 1 aromatic carbocycles. The molecule has 0 aliphatic carbocycles. The molecule has 7 nitrogen and oxygen atoms in total. The minimum atomic E-state index is -2.88. The average Bonchev–Trinajstić information content (AvgIpc) is 2.73. The molecule has 1 aromatic rings. The number of anilines is 1. The predicted octanol–water partition coefficient (Wildman–Crippen LogP) is 4.47. The summed E-state index contributed by atoms with van der Waals surface area (Å²) in [6, 6.07) is 5.85. The van der Waals surface area contributed by atoms with Gasteiger partial charge in [-0.2, -0.15) is 0 Å².